The number of nitrogens with one attached hydrogen (secondary N) is 2. The van der Waals surface area contributed by atoms with Crippen LogP contribution in [-0.4, -0.2) is 52.1 Å². The van der Waals surface area contributed by atoms with Gasteiger partial charge in [0, 0.05) is 30.9 Å². The van der Waals surface area contributed by atoms with Gasteiger partial charge in [0.25, 0.3) is 0 Å². The molecule has 0 aliphatic carbocycles. The van der Waals surface area contributed by atoms with E-state index < -0.39 is 11.3 Å². The van der Waals surface area contributed by atoms with Crippen molar-refractivity contribution in [3.63, 3.8) is 0 Å². The third-order valence-electron chi connectivity index (χ3n) is 7.71. The average Bonchev–Trinajstić information content (AvgIpc) is 3.58. The molecule has 3 aromatic rings. The van der Waals surface area contributed by atoms with Gasteiger partial charge in [-0.2, -0.15) is 0 Å². The summed E-state index contributed by atoms with van der Waals surface area (Å²) in [5.41, 5.74) is 4.12. The van der Waals surface area contributed by atoms with Crippen LogP contribution in [0.4, 0.5) is 16.2 Å². The monoisotopic (exact) mass is 555 g/mol. The molecule has 0 saturated carbocycles. The number of para-hydroxylation sites is 1. The summed E-state index contributed by atoms with van der Waals surface area (Å²) in [4.78, 5) is 46.8. The molecule has 3 atom stereocenters. The van der Waals surface area contributed by atoms with Crippen molar-refractivity contribution in [3.05, 3.63) is 84.1 Å². The molecule has 10 heteroatoms. The summed E-state index contributed by atoms with van der Waals surface area (Å²) in [6, 6.07) is 14.2. The van der Waals surface area contributed by atoms with E-state index >= 15 is 0 Å². The molecule has 6 rings (SSSR count). The molecule has 2 aromatic carbocycles. The average molecular weight is 556 g/mol. The third-order valence-corrected chi connectivity index (χ3v) is 8.99. The molecule has 2 unspecified atom stereocenters. The lowest BCUT2D eigenvalue weighted by atomic mass is 9.98. The molecule has 4 amide bonds. The third kappa shape index (κ3) is 4.48. The maximum Gasteiger partial charge on any atom is 0.327 e. The number of likely N-dealkylation sites (tertiary alicyclic amines) is 1. The fourth-order valence-corrected chi connectivity index (χ4v) is 6.74. The van der Waals surface area contributed by atoms with Crippen molar-refractivity contribution in [2.75, 3.05) is 18.0 Å². The summed E-state index contributed by atoms with van der Waals surface area (Å²) >= 11 is 1.36. The minimum Gasteiger partial charge on any atom is -0.457 e. The maximum atomic E-state index is 13.6. The molecular weight excluding hydrogens is 526 g/mol. The van der Waals surface area contributed by atoms with Crippen LogP contribution in [0, 0.1) is 13.8 Å². The van der Waals surface area contributed by atoms with Crippen LogP contribution in [0.2, 0.25) is 0 Å². The van der Waals surface area contributed by atoms with Crippen LogP contribution >= 0.6 is 11.8 Å². The highest BCUT2D eigenvalue weighted by Gasteiger charge is 2.47. The smallest absolute Gasteiger partial charge is 0.327 e. The van der Waals surface area contributed by atoms with Crippen LogP contribution in [-0.2, 0) is 9.59 Å². The van der Waals surface area contributed by atoms with E-state index in [1.165, 1.54) is 17.8 Å². The molecule has 204 valence electrons. The van der Waals surface area contributed by atoms with Gasteiger partial charge in [0.05, 0.1) is 17.4 Å². The topological polar surface area (TPSA) is 104 Å². The number of carbonyl (C=O) groups is 3. The van der Waals surface area contributed by atoms with E-state index in [-0.39, 0.29) is 23.9 Å². The Hall–Kier alpha value is -4.31. The van der Waals surface area contributed by atoms with Crippen molar-refractivity contribution >= 4 is 41.0 Å². The number of aromatic nitrogens is 1. The first kappa shape index (κ1) is 25.9. The lowest BCUT2D eigenvalue weighted by molar-refractivity contribution is -0.126. The zero-order valence-corrected chi connectivity index (χ0v) is 23.0. The Morgan fingerprint density at radius 3 is 2.70 bits per heavy atom. The quantitative estimate of drug-likeness (QED) is 0.425. The molecule has 3 aliphatic rings. The first-order chi connectivity index (χ1) is 19.4. The summed E-state index contributed by atoms with van der Waals surface area (Å²) in [7, 11) is 0. The Bertz CT molecular complexity index is 1530. The molecule has 2 N–H and O–H groups in total. The van der Waals surface area contributed by atoms with Crippen molar-refractivity contribution in [2.24, 2.45) is 0 Å². The summed E-state index contributed by atoms with van der Waals surface area (Å²) in [5, 5.41) is 6.31. The highest BCUT2D eigenvalue weighted by molar-refractivity contribution is 8.01. The molecule has 0 bridgehead atoms. The van der Waals surface area contributed by atoms with E-state index in [0.717, 1.165) is 38.9 Å². The first-order valence-electron chi connectivity index (χ1n) is 13.2. The Labute approximate surface area is 236 Å². The van der Waals surface area contributed by atoms with Crippen molar-refractivity contribution in [1.82, 2.24) is 20.5 Å². The van der Waals surface area contributed by atoms with Crippen LogP contribution in [0.1, 0.15) is 29.2 Å². The van der Waals surface area contributed by atoms with Gasteiger partial charge in [0.1, 0.15) is 21.8 Å². The van der Waals surface area contributed by atoms with Gasteiger partial charge in [-0.25, -0.2) is 9.78 Å². The van der Waals surface area contributed by atoms with Gasteiger partial charge in [-0.1, -0.05) is 36.5 Å². The van der Waals surface area contributed by atoms with Crippen molar-refractivity contribution in [3.8, 4) is 11.5 Å². The van der Waals surface area contributed by atoms with E-state index in [4.69, 9.17) is 4.74 Å². The molecule has 40 heavy (non-hydrogen) atoms. The number of carbonyl (C=O) groups excluding carboxylic acids is 3. The second-order valence-corrected chi connectivity index (χ2v) is 11.2. The van der Waals surface area contributed by atoms with E-state index in [9.17, 15) is 14.4 Å². The van der Waals surface area contributed by atoms with Crippen molar-refractivity contribution in [2.45, 2.75) is 42.6 Å². The second-order valence-electron chi connectivity index (χ2n) is 10.1. The normalized spacial score (nSPS) is 21.1. The lowest BCUT2D eigenvalue weighted by Crippen LogP contribution is -2.50. The predicted octanol–water partition coefficient (Wildman–Crippen LogP) is 4.77. The number of hydrogen-bond acceptors (Lipinski definition) is 6. The molecule has 1 saturated heterocycles. The van der Waals surface area contributed by atoms with Crippen LogP contribution in [0.25, 0.3) is 0 Å². The molecule has 9 nitrogen and oxygen atoms in total. The van der Waals surface area contributed by atoms with E-state index in [1.54, 1.807) is 16.0 Å². The molecule has 0 spiro atoms. The highest BCUT2D eigenvalue weighted by Crippen LogP contribution is 2.51. The minimum absolute atomic E-state index is 0.141. The summed E-state index contributed by atoms with van der Waals surface area (Å²) in [5.74, 6) is 1.13. The fourth-order valence-electron chi connectivity index (χ4n) is 5.50. The number of benzene rings is 2. The minimum atomic E-state index is -0.566. The van der Waals surface area contributed by atoms with Gasteiger partial charge in [0.2, 0.25) is 11.8 Å². The molecule has 1 aromatic heterocycles. The molecule has 3 aliphatic heterocycles. The molecular formula is C30H29N5O4S. The van der Waals surface area contributed by atoms with Gasteiger partial charge in [-0.3, -0.25) is 14.5 Å². The largest absolute Gasteiger partial charge is 0.457 e. The number of thioether (sulfide) groups is 1. The molecule has 4 heterocycles. The lowest BCUT2D eigenvalue weighted by Gasteiger charge is -2.35. The zero-order valence-electron chi connectivity index (χ0n) is 22.2. The van der Waals surface area contributed by atoms with E-state index in [2.05, 4.69) is 22.2 Å². The van der Waals surface area contributed by atoms with Gasteiger partial charge in [-0.05, 0) is 67.8 Å². The number of nitrogens with zero attached hydrogens (tertiary/aromatic N) is 3. The fraction of sp³-hybridized carbons (Fsp3) is 0.267. The summed E-state index contributed by atoms with van der Waals surface area (Å²) in [6.45, 7) is 8.50. The van der Waals surface area contributed by atoms with Crippen LogP contribution in [0.3, 0.4) is 0 Å². The van der Waals surface area contributed by atoms with Crippen molar-refractivity contribution in [1.29, 1.82) is 0 Å². The maximum absolute atomic E-state index is 13.6. The number of pyridine rings is 1. The van der Waals surface area contributed by atoms with Crippen LogP contribution in [0.15, 0.2) is 72.4 Å². The number of hydrogen-bond donors (Lipinski definition) is 2. The van der Waals surface area contributed by atoms with Gasteiger partial charge in [0.15, 0.2) is 0 Å². The van der Waals surface area contributed by atoms with Crippen LogP contribution in [0.5, 0.6) is 11.5 Å². The number of rotatable bonds is 6. The Balaban J connectivity index is 1.25. The Morgan fingerprint density at radius 1 is 1.12 bits per heavy atom. The van der Waals surface area contributed by atoms with Crippen LogP contribution < -0.4 is 20.3 Å². The number of amides is 4. The summed E-state index contributed by atoms with van der Waals surface area (Å²) < 4.78 is 6.09. The van der Waals surface area contributed by atoms with E-state index in [1.807, 2.05) is 62.4 Å². The number of anilines is 2. The van der Waals surface area contributed by atoms with E-state index in [0.29, 0.717) is 25.2 Å². The van der Waals surface area contributed by atoms with Crippen molar-refractivity contribution < 1.29 is 19.1 Å². The Kier molecular flexibility index (Phi) is 6.71. The van der Waals surface area contributed by atoms with Gasteiger partial charge < -0.3 is 20.3 Å². The zero-order chi connectivity index (χ0) is 28.0. The second kappa shape index (κ2) is 10.3. The number of ether oxygens (including phenoxy) is 1. The highest BCUT2D eigenvalue weighted by atomic mass is 32.2. The summed E-state index contributed by atoms with van der Waals surface area (Å²) in [6.07, 6.45) is 3.64. The molecule has 0 radical (unpaired) electrons. The molecule has 1 fully saturated rings. The standard InChI is InChI=1S/C30H29N5O4S/c1-4-24(36)34-15-13-19(16-34)32-28(37)27-26-25-22(12-14-31-29(25)40-27)35(30(38)33-26)21-10-11-23(18(3)17(21)2)39-20-8-6-5-7-9-20/h4-12,14,19,26-27H,1,13,15-16H2,2-3H3,(H,32,37)(H,33,38)/t19?,26?,27-/m1/s1. The number of urea groups is 1. The van der Waals surface area contributed by atoms with Gasteiger partial charge in [-0.15, -0.1) is 0 Å². The first-order valence-corrected chi connectivity index (χ1v) is 14.0. The SMILES string of the molecule is C=CC(=O)N1CCC(NC(=O)[C@@H]2Sc3nccc4c3C2NC(=O)N4c2ccc(Oc3ccccc3)c(C)c2C)C1. The van der Waals surface area contributed by atoms with Gasteiger partial charge >= 0.3 is 6.03 Å². The Morgan fingerprint density at radius 2 is 1.93 bits per heavy atom. The predicted molar refractivity (Wildman–Crippen MR) is 153 cm³/mol.